The molecule has 3 rings (SSSR count). The molecule has 3 aromatic rings. The number of carbonyl (C=O) groups is 3. The molecule has 12 heteroatoms. The maximum atomic E-state index is 12.6. The van der Waals surface area contributed by atoms with E-state index >= 15 is 0 Å². The third-order valence-corrected chi connectivity index (χ3v) is 4.59. The van der Waals surface area contributed by atoms with E-state index in [-0.39, 0.29) is 34.5 Å². The number of aromatic nitrogens is 4. The molecule has 31 heavy (non-hydrogen) atoms. The van der Waals surface area contributed by atoms with Crippen LogP contribution in [0.2, 0.25) is 0 Å². The molecule has 1 N–H and O–H groups in total. The number of nitrogens with zero attached hydrogens (tertiary/aromatic N) is 4. The van der Waals surface area contributed by atoms with Gasteiger partial charge in [-0.05, 0) is 18.2 Å². The van der Waals surface area contributed by atoms with Crippen LogP contribution in [-0.4, -0.2) is 50.8 Å². The van der Waals surface area contributed by atoms with Gasteiger partial charge in [0.15, 0.2) is 11.2 Å². The zero-order chi connectivity index (χ0) is 22.9. The van der Waals surface area contributed by atoms with E-state index in [9.17, 15) is 24.0 Å². The van der Waals surface area contributed by atoms with Crippen LogP contribution in [0.5, 0.6) is 0 Å². The Balaban J connectivity index is 1.94. The summed E-state index contributed by atoms with van der Waals surface area (Å²) in [6.45, 7) is -0.306. The molecule has 0 unspecified atom stereocenters. The highest BCUT2D eigenvalue weighted by Gasteiger charge is 2.18. The number of fused-ring (bicyclic) bond motifs is 1. The zero-order valence-electron chi connectivity index (χ0n) is 17.2. The summed E-state index contributed by atoms with van der Waals surface area (Å²) in [5.74, 6) is -1.97. The predicted molar refractivity (Wildman–Crippen MR) is 108 cm³/mol. The van der Waals surface area contributed by atoms with Crippen LogP contribution in [0.15, 0.2) is 34.1 Å². The molecule has 0 atom stereocenters. The average molecular weight is 429 g/mol. The van der Waals surface area contributed by atoms with Gasteiger partial charge < -0.3 is 19.4 Å². The van der Waals surface area contributed by atoms with Crippen molar-refractivity contribution in [1.82, 2.24) is 18.7 Å². The number of anilines is 1. The lowest BCUT2D eigenvalue weighted by Crippen LogP contribution is -2.37. The molecule has 0 aliphatic heterocycles. The number of hydrogen-bond donors (Lipinski definition) is 1. The van der Waals surface area contributed by atoms with Gasteiger partial charge in [-0.3, -0.25) is 18.7 Å². The van der Waals surface area contributed by atoms with Gasteiger partial charge in [0.1, 0.15) is 6.54 Å². The smallest absolute Gasteiger partial charge is 0.337 e. The van der Waals surface area contributed by atoms with Crippen molar-refractivity contribution >= 4 is 34.7 Å². The number of imidazole rings is 1. The van der Waals surface area contributed by atoms with Crippen molar-refractivity contribution in [3.8, 4) is 0 Å². The summed E-state index contributed by atoms with van der Waals surface area (Å²) >= 11 is 0. The van der Waals surface area contributed by atoms with Crippen molar-refractivity contribution in [1.29, 1.82) is 0 Å². The Hall–Kier alpha value is -4.22. The molecule has 2 heterocycles. The normalized spacial score (nSPS) is 10.7. The Morgan fingerprint density at radius 1 is 0.968 bits per heavy atom. The van der Waals surface area contributed by atoms with Crippen LogP contribution in [0.25, 0.3) is 11.2 Å². The van der Waals surface area contributed by atoms with E-state index in [1.165, 1.54) is 62.0 Å². The molecule has 12 nitrogen and oxygen atoms in total. The van der Waals surface area contributed by atoms with Gasteiger partial charge in [-0.1, -0.05) is 0 Å². The van der Waals surface area contributed by atoms with Crippen LogP contribution in [0, 0.1) is 0 Å². The van der Waals surface area contributed by atoms with Crippen molar-refractivity contribution in [2.24, 2.45) is 14.1 Å². The second-order valence-corrected chi connectivity index (χ2v) is 6.58. The number of carbonyl (C=O) groups excluding carboxylic acids is 3. The summed E-state index contributed by atoms with van der Waals surface area (Å²) in [4.78, 5) is 64.9. The van der Waals surface area contributed by atoms with Crippen LogP contribution in [0.3, 0.4) is 0 Å². The van der Waals surface area contributed by atoms with Crippen LogP contribution in [0.1, 0.15) is 20.7 Å². The molecule has 0 aliphatic carbocycles. The average Bonchev–Trinajstić information content (AvgIpc) is 3.18. The molecule has 162 valence electrons. The first kappa shape index (κ1) is 21.5. The lowest BCUT2D eigenvalue weighted by Gasteiger charge is -2.10. The number of hydrogen-bond acceptors (Lipinski definition) is 8. The van der Waals surface area contributed by atoms with Gasteiger partial charge in [-0.2, -0.15) is 0 Å². The van der Waals surface area contributed by atoms with Gasteiger partial charge >= 0.3 is 17.6 Å². The lowest BCUT2D eigenvalue weighted by molar-refractivity contribution is -0.116. The molecule has 0 aliphatic rings. The molecule has 0 radical (unpaired) electrons. The maximum absolute atomic E-state index is 12.6. The maximum Gasteiger partial charge on any atom is 0.337 e. The number of esters is 2. The first-order chi connectivity index (χ1) is 14.7. The van der Waals surface area contributed by atoms with Gasteiger partial charge in [0.2, 0.25) is 5.91 Å². The number of nitrogens with one attached hydrogen (secondary N) is 1. The summed E-state index contributed by atoms with van der Waals surface area (Å²) in [7, 11) is 5.16. The molecule has 0 saturated heterocycles. The SMILES string of the molecule is COC(=O)c1cc(NC(=O)Cn2cnc3c2c(=O)n(C)c(=O)n3C)cc(C(=O)OC)c1. The molecule has 2 aromatic heterocycles. The minimum atomic E-state index is -0.703. The van der Waals surface area contributed by atoms with Crippen LogP contribution in [0.4, 0.5) is 5.69 Å². The Labute approximate surface area is 174 Å². The summed E-state index contributed by atoms with van der Waals surface area (Å²) in [5.41, 5.74) is -0.681. The van der Waals surface area contributed by atoms with Crippen molar-refractivity contribution < 1.29 is 23.9 Å². The van der Waals surface area contributed by atoms with Crippen molar-refractivity contribution in [2.75, 3.05) is 19.5 Å². The topological polar surface area (TPSA) is 144 Å². The van der Waals surface area contributed by atoms with E-state index in [1.807, 2.05) is 0 Å². The minimum Gasteiger partial charge on any atom is -0.465 e. The van der Waals surface area contributed by atoms with Gasteiger partial charge in [0.05, 0.1) is 31.7 Å². The molecule has 0 saturated carbocycles. The van der Waals surface area contributed by atoms with Crippen LogP contribution >= 0.6 is 0 Å². The molecule has 1 aromatic carbocycles. The molecule has 0 bridgehead atoms. The van der Waals surface area contributed by atoms with Gasteiger partial charge in [0, 0.05) is 19.8 Å². The van der Waals surface area contributed by atoms with Crippen LogP contribution < -0.4 is 16.6 Å². The molecule has 0 fully saturated rings. The number of aryl methyl sites for hydroxylation is 1. The van der Waals surface area contributed by atoms with E-state index in [4.69, 9.17) is 0 Å². The standard InChI is InChI=1S/C19H19N5O7/c1-22-15-14(16(26)23(2)19(22)29)24(9-20-15)8-13(25)21-12-6-10(17(27)30-3)5-11(7-12)18(28)31-4/h5-7,9H,8H2,1-4H3,(H,21,25). The molecular formula is C19H19N5O7. The molecule has 0 spiro atoms. The summed E-state index contributed by atoms with van der Waals surface area (Å²) in [5, 5.41) is 2.56. The van der Waals surface area contributed by atoms with Crippen LogP contribution in [-0.2, 0) is 34.9 Å². The number of ether oxygens (including phenoxy) is 2. The lowest BCUT2D eigenvalue weighted by atomic mass is 10.1. The fourth-order valence-electron chi connectivity index (χ4n) is 3.04. The largest absolute Gasteiger partial charge is 0.465 e. The van der Waals surface area contributed by atoms with E-state index in [0.717, 1.165) is 4.57 Å². The highest BCUT2D eigenvalue weighted by molar-refractivity contribution is 5.99. The predicted octanol–water partition coefficient (Wildman–Crippen LogP) is -0.354. The third-order valence-electron chi connectivity index (χ3n) is 4.59. The zero-order valence-corrected chi connectivity index (χ0v) is 17.2. The fourth-order valence-corrected chi connectivity index (χ4v) is 3.04. The van der Waals surface area contributed by atoms with E-state index in [0.29, 0.717) is 0 Å². The monoisotopic (exact) mass is 429 g/mol. The quantitative estimate of drug-likeness (QED) is 0.542. The van der Waals surface area contributed by atoms with Gasteiger partial charge in [-0.15, -0.1) is 0 Å². The summed E-state index contributed by atoms with van der Waals surface area (Å²) in [6.07, 6.45) is 1.27. The number of methoxy groups -OCH3 is 2. The van der Waals surface area contributed by atoms with E-state index in [2.05, 4.69) is 19.8 Å². The van der Waals surface area contributed by atoms with E-state index in [1.54, 1.807) is 0 Å². The Morgan fingerprint density at radius 3 is 2.10 bits per heavy atom. The number of amides is 1. The van der Waals surface area contributed by atoms with Gasteiger partial charge in [0.25, 0.3) is 5.56 Å². The van der Waals surface area contributed by atoms with Crippen molar-refractivity contribution in [3.05, 3.63) is 56.5 Å². The van der Waals surface area contributed by atoms with Gasteiger partial charge in [-0.25, -0.2) is 19.4 Å². The summed E-state index contributed by atoms with van der Waals surface area (Å²) in [6, 6.07) is 3.96. The first-order valence-corrected chi connectivity index (χ1v) is 8.90. The van der Waals surface area contributed by atoms with Crippen molar-refractivity contribution in [2.45, 2.75) is 6.54 Å². The molecule has 1 amide bonds. The minimum absolute atomic E-state index is 0.0395. The first-order valence-electron chi connectivity index (χ1n) is 8.90. The Kier molecular flexibility index (Phi) is 5.72. The Bertz CT molecular complexity index is 1300. The van der Waals surface area contributed by atoms with Crippen molar-refractivity contribution in [3.63, 3.8) is 0 Å². The fraction of sp³-hybridized carbons (Fsp3) is 0.263. The number of rotatable bonds is 5. The second kappa shape index (κ2) is 8.26. The highest BCUT2D eigenvalue weighted by Crippen LogP contribution is 2.17. The second-order valence-electron chi connectivity index (χ2n) is 6.58. The Morgan fingerprint density at radius 2 is 1.55 bits per heavy atom. The summed E-state index contributed by atoms with van der Waals surface area (Å²) < 4.78 is 12.7. The van der Waals surface area contributed by atoms with E-state index < -0.39 is 29.1 Å². The number of benzene rings is 1. The highest BCUT2D eigenvalue weighted by atomic mass is 16.5. The third kappa shape index (κ3) is 3.95. The molecular weight excluding hydrogens is 410 g/mol.